The molecule has 2 rings (SSSR count). The van der Waals surface area contributed by atoms with Gasteiger partial charge in [-0.25, -0.2) is 0 Å². The van der Waals surface area contributed by atoms with Crippen LogP contribution in [0, 0.1) is 0 Å². The van der Waals surface area contributed by atoms with Crippen LogP contribution in [0.2, 0.25) is 0 Å². The predicted octanol–water partition coefficient (Wildman–Crippen LogP) is 4.26. The van der Waals surface area contributed by atoms with Gasteiger partial charge >= 0.3 is 0 Å². The molecule has 0 fully saturated rings. The van der Waals surface area contributed by atoms with Gasteiger partial charge in [-0.1, -0.05) is 26.0 Å². The Morgan fingerprint density at radius 1 is 0.926 bits per heavy atom. The van der Waals surface area contributed by atoms with E-state index in [0.29, 0.717) is 36.8 Å². The molecule has 2 aromatic carbocycles. The summed E-state index contributed by atoms with van der Waals surface area (Å²) in [5.74, 6) is 1.17. The molecule has 0 aliphatic rings. The standard InChI is InChI=1S/C22H30N2O3/c1-5-13-26-20-12-9-18(15-21(20)27-14-6-2)22(25)23-16-17-7-10-19(11-8-17)24(3)4/h7-12,15H,5-6,13-14,16H2,1-4H3,(H,23,25). The summed E-state index contributed by atoms with van der Waals surface area (Å²) >= 11 is 0. The molecule has 1 N–H and O–H groups in total. The Morgan fingerprint density at radius 2 is 1.56 bits per heavy atom. The molecule has 0 aliphatic carbocycles. The number of amides is 1. The van der Waals surface area contributed by atoms with Crippen LogP contribution in [0.25, 0.3) is 0 Å². The van der Waals surface area contributed by atoms with E-state index in [0.717, 1.165) is 24.1 Å². The van der Waals surface area contributed by atoms with Crippen LogP contribution in [0.1, 0.15) is 42.6 Å². The molecule has 0 radical (unpaired) electrons. The molecule has 0 heterocycles. The first-order valence-electron chi connectivity index (χ1n) is 9.49. The Kier molecular flexibility index (Phi) is 7.99. The van der Waals surface area contributed by atoms with E-state index in [1.807, 2.05) is 50.2 Å². The first-order valence-corrected chi connectivity index (χ1v) is 9.49. The molecule has 0 bridgehead atoms. The summed E-state index contributed by atoms with van der Waals surface area (Å²) in [5, 5.41) is 2.96. The Labute approximate surface area is 162 Å². The maximum Gasteiger partial charge on any atom is 0.251 e. The number of rotatable bonds is 10. The van der Waals surface area contributed by atoms with Gasteiger partial charge in [0.15, 0.2) is 11.5 Å². The number of hydrogen-bond donors (Lipinski definition) is 1. The van der Waals surface area contributed by atoms with Crippen molar-refractivity contribution in [3.05, 3.63) is 53.6 Å². The molecule has 2 aromatic rings. The highest BCUT2D eigenvalue weighted by Gasteiger charge is 2.12. The van der Waals surface area contributed by atoms with Crippen LogP contribution in [0.5, 0.6) is 11.5 Å². The van der Waals surface area contributed by atoms with Gasteiger partial charge in [0.1, 0.15) is 0 Å². The Morgan fingerprint density at radius 3 is 2.15 bits per heavy atom. The van der Waals surface area contributed by atoms with Crippen LogP contribution in [0.15, 0.2) is 42.5 Å². The van der Waals surface area contributed by atoms with E-state index < -0.39 is 0 Å². The minimum atomic E-state index is -0.130. The second kappa shape index (κ2) is 10.5. The molecule has 0 saturated carbocycles. The SMILES string of the molecule is CCCOc1ccc(C(=O)NCc2ccc(N(C)C)cc2)cc1OCCC. The van der Waals surface area contributed by atoms with E-state index in [1.165, 1.54) is 0 Å². The molecule has 0 spiro atoms. The number of ether oxygens (including phenoxy) is 2. The number of benzene rings is 2. The molecular formula is C22H30N2O3. The fourth-order valence-corrected chi connectivity index (χ4v) is 2.50. The number of carbonyl (C=O) groups excluding carboxylic acids is 1. The van der Waals surface area contributed by atoms with Crippen LogP contribution in [0.4, 0.5) is 5.69 Å². The van der Waals surface area contributed by atoms with Crippen molar-refractivity contribution in [1.82, 2.24) is 5.32 Å². The monoisotopic (exact) mass is 370 g/mol. The third-order valence-electron chi connectivity index (χ3n) is 4.04. The molecule has 5 heteroatoms. The van der Waals surface area contributed by atoms with E-state index >= 15 is 0 Å². The highest BCUT2D eigenvalue weighted by atomic mass is 16.5. The third-order valence-corrected chi connectivity index (χ3v) is 4.04. The molecule has 146 valence electrons. The van der Waals surface area contributed by atoms with Crippen LogP contribution >= 0.6 is 0 Å². The lowest BCUT2D eigenvalue weighted by Gasteiger charge is -2.14. The van der Waals surface area contributed by atoms with Gasteiger partial charge in [-0.3, -0.25) is 4.79 Å². The first kappa shape index (κ1) is 20.6. The summed E-state index contributed by atoms with van der Waals surface area (Å²) in [5.41, 5.74) is 2.75. The molecule has 5 nitrogen and oxygen atoms in total. The fourth-order valence-electron chi connectivity index (χ4n) is 2.50. The van der Waals surface area contributed by atoms with Crippen LogP contribution < -0.4 is 19.7 Å². The van der Waals surface area contributed by atoms with Crippen LogP contribution in [-0.2, 0) is 6.54 Å². The Hall–Kier alpha value is -2.69. The molecular weight excluding hydrogens is 340 g/mol. The molecule has 27 heavy (non-hydrogen) atoms. The largest absolute Gasteiger partial charge is 0.490 e. The summed E-state index contributed by atoms with van der Waals surface area (Å²) in [6.45, 7) is 5.79. The second-order valence-electron chi connectivity index (χ2n) is 6.60. The number of nitrogens with zero attached hydrogens (tertiary/aromatic N) is 1. The van der Waals surface area contributed by atoms with Crippen LogP contribution in [-0.4, -0.2) is 33.2 Å². The van der Waals surface area contributed by atoms with Crippen molar-refractivity contribution in [2.24, 2.45) is 0 Å². The van der Waals surface area contributed by atoms with E-state index in [2.05, 4.69) is 12.2 Å². The van der Waals surface area contributed by atoms with Gasteiger partial charge in [0.25, 0.3) is 5.91 Å². The molecule has 0 unspecified atom stereocenters. The predicted molar refractivity (Wildman–Crippen MR) is 110 cm³/mol. The quantitative estimate of drug-likeness (QED) is 0.679. The average molecular weight is 370 g/mol. The maximum absolute atomic E-state index is 12.5. The average Bonchev–Trinajstić information content (AvgIpc) is 2.69. The normalized spacial score (nSPS) is 10.4. The van der Waals surface area contributed by atoms with Gasteiger partial charge in [0, 0.05) is 31.9 Å². The maximum atomic E-state index is 12.5. The van der Waals surface area contributed by atoms with Crippen molar-refractivity contribution in [3.8, 4) is 11.5 Å². The zero-order valence-corrected chi connectivity index (χ0v) is 16.7. The summed E-state index contributed by atoms with van der Waals surface area (Å²) < 4.78 is 11.5. The summed E-state index contributed by atoms with van der Waals surface area (Å²) in [7, 11) is 4.01. The number of hydrogen-bond acceptors (Lipinski definition) is 4. The lowest BCUT2D eigenvalue weighted by Crippen LogP contribution is -2.23. The van der Waals surface area contributed by atoms with E-state index in [-0.39, 0.29) is 5.91 Å². The number of anilines is 1. The summed E-state index contributed by atoms with van der Waals surface area (Å²) in [6.07, 6.45) is 1.81. The van der Waals surface area contributed by atoms with Gasteiger partial charge in [-0.15, -0.1) is 0 Å². The van der Waals surface area contributed by atoms with Gasteiger partial charge in [0.2, 0.25) is 0 Å². The van der Waals surface area contributed by atoms with Gasteiger partial charge < -0.3 is 19.7 Å². The zero-order valence-electron chi connectivity index (χ0n) is 16.7. The molecule has 0 aromatic heterocycles. The summed E-state index contributed by atoms with van der Waals surface area (Å²) in [4.78, 5) is 14.6. The van der Waals surface area contributed by atoms with E-state index in [9.17, 15) is 4.79 Å². The molecule has 0 aliphatic heterocycles. The second-order valence-corrected chi connectivity index (χ2v) is 6.60. The van der Waals surface area contributed by atoms with Crippen molar-refractivity contribution in [1.29, 1.82) is 0 Å². The minimum Gasteiger partial charge on any atom is -0.490 e. The zero-order chi connectivity index (χ0) is 19.6. The molecule has 0 atom stereocenters. The van der Waals surface area contributed by atoms with Crippen molar-refractivity contribution in [2.45, 2.75) is 33.2 Å². The van der Waals surface area contributed by atoms with Gasteiger partial charge in [-0.05, 0) is 48.7 Å². The Bertz CT molecular complexity index is 727. The van der Waals surface area contributed by atoms with Crippen molar-refractivity contribution >= 4 is 11.6 Å². The van der Waals surface area contributed by atoms with Crippen molar-refractivity contribution in [3.63, 3.8) is 0 Å². The highest BCUT2D eigenvalue weighted by Crippen LogP contribution is 2.29. The van der Waals surface area contributed by atoms with Gasteiger partial charge in [-0.2, -0.15) is 0 Å². The third kappa shape index (κ3) is 6.20. The smallest absolute Gasteiger partial charge is 0.251 e. The first-order chi connectivity index (χ1) is 13.0. The topological polar surface area (TPSA) is 50.8 Å². The lowest BCUT2D eigenvalue weighted by atomic mass is 10.1. The fraction of sp³-hybridized carbons (Fsp3) is 0.409. The molecule has 1 amide bonds. The highest BCUT2D eigenvalue weighted by molar-refractivity contribution is 5.94. The molecule has 0 saturated heterocycles. The van der Waals surface area contributed by atoms with Gasteiger partial charge in [0.05, 0.1) is 13.2 Å². The summed E-state index contributed by atoms with van der Waals surface area (Å²) in [6, 6.07) is 13.5. The Balaban J connectivity index is 2.03. The number of carbonyl (C=O) groups is 1. The lowest BCUT2D eigenvalue weighted by molar-refractivity contribution is 0.0950. The van der Waals surface area contributed by atoms with Crippen molar-refractivity contribution < 1.29 is 14.3 Å². The van der Waals surface area contributed by atoms with E-state index in [1.54, 1.807) is 18.2 Å². The number of nitrogens with one attached hydrogen (secondary N) is 1. The van der Waals surface area contributed by atoms with Crippen molar-refractivity contribution in [2.75, 3.05) is 32.2 Å². The van der Waals surface area contributed by atoms with Crippen LogP contribution in [0.3, 0.4) is 0 Å². The minimum absolute atomic E-state index is 0.130. The van der Waals surface area contributed by atoms with E-state index in [4.69, 9.17) is 9.47 Å².